The number of carbonyl (C=O) groups excluding carboxylic acids is 2. The molecule has 1 unspecified atom stereocenters. The lowest BCUT2D eigenvalue weighted by atomic mass is 10.0. The summed E-state index contributed by atoms with van der Waals surface area (Å²) in [6, 6.07) is 0.601. The number of nitrogens with zero attached hydrogens (tertiary/aromatic N) is 2. The van der Waals surface area contributed by atoms with E-state index in [1.165, 1.54) is 0 Å². The second-order valence-corrected chi connectivity index (χ2v) is 7.79. The van der Waals surface area contributed by atoms with E-state index < -0.39 is 5.60 Å². The molecule has 0 aromatic rings. The standard InChI is InChI=1S/C17H34N4O3/c1-13(11-18-16(23)24-17(2,3)4)19-14-7-9-21(10-8-14)12-15(22)20(5)6/h13-14,19H,7-12H2,1-6H3,(H,18,23). The zero-order valence-electron chi connectivity index (χ0n) is 16.0. The maximum absolute atomic E-state index is 11.7. The molecule has 0 saturated carbocycles. The molecule has 1 saturated heterocycles. The van der Waals surface area contributed by atoms with Crippen LogP contribution in [0.1, 0.15) is 40.5 Å². The number of carbonyl (C=O) groups is 2. The monoisotopic (exact) mass is 342 g/mol. The van der Waals surface area contributed by atoms with E-state index in [1.54, 1.807) is 19.0 Å². The van der Waals surface area contributed by atoms with Crippen LogP contribution in [-0.2, 0) is 9.53 Å². The Kier molecular flexibility index (Phi) is 7.96. The van der Waals surface area contributed by atoms with Crippen LogP contribution in [0.15, 0.2) is 0 Å². The molecule has 0 spiro atoms. The summed E-state index contributed by atoms with van der Waals surface area (Å²) >= 11 is 0. The first kappa shape index (κ1) is 20.7. The Hall–Kier alpha value is -1.34. The van der Waals surface area contributed by atoms with Crippen LogP contribution < -0.4 is 10.6 Å². The summed E-state index contributed by atoms with van der Waals surface area (Å²) < 4.78 is 5.23. The van der Waals surface area contributed by atoms with Gasteiger partial charge in [-0.05, 0) is 40.5 Å². The van der Waals surface area contributed by atoms with Crippen molar-refractivity contribution in [3.8, 4) is 0 Å². The van der Waals surface area contributed by atoms with Gasteiger partial charge >= 0.3 is 6.09 Å². The van der Waals surface area contributed by atoms with Crippen molar-refractivity contribution in [2.45, 2.75) is 58.2 Å². The van der Waals surface area contributed by atoms with E-state index in [-0.39, 0.29) is 18.0 Å². The first-order valence-electron chi connectivity index (χ1n) is 8.72. The SMILES string of the molecule is CC(CNC(=O)OC(C)(C)C)NC1CCN(CC(=O)N(C)C)CC1. The van der Waals surface area contributed by atoms with Gasteiger partial charge in [-0.25, -0.2) is 4.79 Å². The largest absolute Gasteiger partial charge is 0.444 e. The molecule has 1 heterocycles. The molecule has 0 bridgehead atoms. The average Bonchev–Trinajstić information content (AvgIpc) is 2.45. The van der Waals surface area contributed by atoms with Gasteiger partial charge in [0.25, 0.3) is 0 Å². The minimum Gasteiger partial charge on any atom is -0.444 e. The van der Waals surface area contributed by atoms with Crippen molar-refractivity contribution in [3.05, 3.63) is 0 Å². The molecule has 0 aromatic carbocycles. The summed E-state index contributed by atoms with van der Waals surface area (Å²) in [6.07, 6.45) is 1.64. The number of nitrogens with one attached hydrogen (secondary N) is 2. The number of piperidine rings is 1. The second kappa shape index (κ2) is 9.22. The maximum atomic E-state index is 11.7. The molecular formula is C17H34N4O3. The maximum Gasteiger partial charge on any atom is 0.407 e. The Labute approximate surface area is 146 Å². The lowest BCUT2D eigenvalue weighted by Gasteiger charge is -2.34. The van der Waals surface area contributed by atoms with Crippen LogP contribution in [0.4, 0.5) is 4.79 Å². The third-order valence-corrected chi connectivity index (χ3v) is 3.92. The van der Waals surface area contributed by atoms with E-state index >= 15 is 0 Å². The molecule has 1 rings (SSSR count). The van der Waals surface area contributed by atoms with Crippen LogP contribution in [0.3, 0.4) is 0 Å². The highest BCUT2D eigenvalue weighted by molar-refractivity contribution is 5.77. The predicted octanol–water partition coefficient (Wildman–Crippen LogP) is 1.04. The van der Waals surface area contributed by atoms with Gasteiger partial charge in [-0.3, -0.25) is 9.69 Å². The Balaban J connectivity index is 2.22. The minimum absolute atomic E-state index is 0.149. The van der Waals surface area contributed by atoms with Crippen molar-refractivity contribution in [2.24, 2.45) is 0 Å². The molecular weight excluding hydrogens is 308 g/mol. The minimum atomic E-state index is -0.475. The van der Waals surface area contributed by atoms with Gasteiger partial charge in [-0.2, -0.15) is 0 Å². The fraction of sp³-hybridized carbons (Fsp3) is 0.882. The molecule has 24 heavy (non-hydrogen) atoms. The van der Waals surface area contributed by atoms with Crippen LogP contribution in [0.2, 0.25) is 0 Å². The summed E-state index contributed by atoms with van der Waals surface area (Å²) in [5.41, 5.74) is -0.475. The Morgan fingerprint density at radius 3 is 2.33 bits per heavy atom. The molecule has 2 amide bonds. The molecule has 0 aromatic heterocycles. The fourth-order valence-corrected chi connectivity index (χ4v) is 2.60. The molecule has 2 N–H and O–H groups in total. The molecule has 1 aliphatic rings. The number of alkyl carbamates (subject to hydrolysis) is 1. The lowest BCUT2D eigenvalue weighted by molar-refractivity contribution is -0.130. The van der Waals surface area contributed by atoms with Gasteiger partial charge < -0.3 is 20.3 Å². The molecule has 140 valence electrons. The first-order chi connectivity index (χ1) is 11.1. The zero-order valence-corrected chi connectivity index (χ0v) is 16.0. The summed E-state index contributed by atoms with van der Waals surface area (Å²) in [6.45, 7) is 10.5. The predicted molar refractivity (Wildman–Crippen MR) is 95.0 cm³/mol. The highest BCUT2D eigenvalue weighted by Gasteiger charge is 2.23. The summed E-state index contributed by atoms with van der Waals surface area (Å²) in [7, 11) is 3.58. The number of likely N-dealkylation sites (N-methyl/N-ethyl adjacent to an activating group) is 1. The normalized spacial score (nSPS) is 18.1. The fourth-order valence-electron chi connectivity index (χ4n) is 2.60. The highest BCUT2D eigenvalue weighted by Crippen LogP contribution is 2.11. The summed E-state index contributed by atoms with van der Waals surface area (Å²) in [4.78, 5) is 27.2. The number of rotatable bonds is 6. The quantitative estimate of drug-likeness (QED) is 0.754. The van der Waals surface area contributed by atoms with Crippen molar-refractivity contribution in [1.29, 1.82) is 0 Å². The van der Waals surface area contributed by atoms with Crippen molar-refractivity contribution >= 4 is 12.0 Å². The zero-order chi connectivity index (χ0) is 18.3. The van der Waals surface area contributed by atoms with Gasteiger partial charge in [0.2, 0.25) is 5.91 Å². The van der Waals surface area contributed by atoms with Gasteiger partial charge in [0.1, 0.15) is 5.60 Å². The molecule has 0 radical (unpaired) electrons. The Morgan fingerprint density at radius 2 is 1.83 bits per heavy atom. The summed E-state index contributed by atoms with van der Waals surface area (Å²) in [5, 5.41) is 6.33. The van der Waals surface area contributed by atoms with Crippen LogP contribution in [0, 0.1) is 0 Å². The Morgan fingerprint density at radius 1 is 1.25 bits per heavy atom. The van der Waals surface area contributed by atoms with Gasteiger partial charge in [0, 0.05) is 45.8 Å². The molecule has 1 fully saturated rings. The number of hydrogen-bond acceptors (Lipinski definition) is 5. The number of amides is 2. The van der Waals surface area contributed by atoms with Gasteiger partial charge in [-0.15, -0.1) is 0 Å². The van der Waals surface area contributed by atoms with E-state index in [4.69, 9.17) is 4.74 Å². The van der Waals surface area contributed by atoms with E-state index in [2.05, 4.69) is 22.5 Å². The van der Waals surface area contributed by atoms with Gasteiger partial charge in [0.05, 0.1) is 6.54 Å². The molecule has 1 aliphatic heterocycles. The number of likely N-dealkylation sites (tertiary alicyclic amines) is 1. The van der Waals surface area contributed by atoms with Crippen molar-refractivity contribution in [3.63, 3.8) is 0 Å². The second-order valence-electron chi connectivity index (χ2n) is 7.79. The van der Waals surface area contributed by atoms with Gasteiger partial charge in [-0.1, -0.05) is 0 Å². The van der Waals surface area contributed by atoms with Crippen molar-refractivity contribution < 1.29 is 14.3 Å². The number of ether oxygens (including phenoxy) is 1. The van der Waals surface area contributed by atoms with E-state index in [0.29, 0.717) is 19.1 Å². The Bertz CT molecular complexity index is 413. The lowest BCUT2D eigenvalue weighted by Crippen LogP contribution is -2.50. The van der Waals surface area contributed by atoms with Gasteiger partial charge in [0.15, 0.2) is 0 Å². The molecule has 7 nitrogen and oxygen atoms in total. The highest BCUT2D eigenvalue weighted by atomic mass is 16.6. The van der Waals surface area contributed by atoms with Crippen LogP contribution >= 0.6 is 0 Å². The average molecular weight is 342 g/mol. The first-order valence-corrected chi connectivity index (χ1v) is 8.72. The van der Waals surface area contributed by atoms with Crippen molar-refractivity contribution in [1.82, 2.24) is 20.4 Å². The molecule has 0 aliphatic carbocycles. The van der Waals surface area contributed by atoms with E-state index in [9.17, 15) is 9.59 Å². The third kappa shape index (κ3) is 8.49. The topological polar surface area (TPSA) is 73.9 Å². The van der Waals surface area contributed by atoms with E-state index in [1.807, 2.05) is 20.8 Å². The van der Waals surface area contributed by atoms with Crippen LogP contribution in [0.25, 0.3) is 0 Å². The van der Waals surface area contributed by atoms with Crippen LogP contribution in [0.5, 0.6) is 0 Å². The number of hydrogen-bond donors (Lipinski definition) is 2. The molecule has 1 atom stereocenters. The molecule has 7 heteroatoms. The third-order valence-electron chi connectivity index (χ3n) is 3.92. The smallest absolute Gasteiger partial charge is 0.407 e. The van der Waals surface area contributed by atoms with Crippen LogP contribution in [-0.4, -0.2) is 79.8 Å². The summed E-state index contributed by atoms with van der Waals surface area (Å²) in [5.74, 6) is 0.149. The van der Waals surface area contributed by atoms with Crippen molar-refractivity contribution in [2.75, 3.05) is 40.3 Å². The van der Waals surface area contributed by atoms with E-state index in [0.717, 1.165) is 25.9 Å².